The summed E-state index contributed by atoms with van der Waals surface area (Å²) in [5.41, 5.74) is 0.396. The number of hydrogen-bond donors (Lipinski definition) is 1. The summed E-state index contributed by atoms with van der Waals surface area (Å²) in [7, 11) is 1.95. The Bertz CT molecular complexity index is 390. The second-order valence-electron chi connectivity index (χ2n) is 4.72. The molecule has 1 aromatic rings. The topological polar surface area (TPSA) is 36.9 Å². The summed E-state index contributed by atoms with van der Waals surface area (Å²) in [6.07, 6.45) is 1.21. The highest BCUT2D eigenvalue weighted by molar-refractivity contribution is 7.71. The number of H-pyrrole nitrogens is 1. The molecular weight excluding hydrogens is 196 g/mol. The van der Waals surface area contributed by atoms with E-state index < -0.39 is 0 Å². The van der Waals surface area contributed by atoms with Crippen molar-refractivity contribution in [2.75, 3.05) is 18.0 Å². The number of hydrogen-bond acceptors (Lipinski definition) is 3. The summed E-state index contributed by atoms with van der Waals surface area (Å²) in [5, 5.41) is 7.05. The fourth-order valence-electron chi connectivity index (χ4n) is 1.90. The van der Waals surface area contributed by atoms with Gasteiger partial charge in [0.25, 0.3) is 0 Å². The molecule has 78 valence electrons. The van der Waals surface area contributed by atoms with Gasteiger partial charge in [0.1, 0.15) is 0 Å². The number of anilines is 1. The molecule has 0 unspecified atom stereocenters. The lowest BCUT2D eigenvalue weighted by atomic mass is 9.93. The summed E-state index contributed by atoms with van der Waals surface area (Å²) >= 11 is 5.08. The van der Waals surface area contributed by atoms with Crippen LogP contribution in [0.2, 0.25) is 0 Å². The first kappa shape index (κ1) is 9.71. The minimum Gasteiger partial charge on any atom is -0.340 e. The monoisotopic (exact) mass is 212 g/mol. The summed E-state index contributed by atoms with van der Waals surface area (Å²) in [6.45, 7) is 6.70. The number of nitrogens with one attached hydrogen (secondary N) is 1. The van der Waals surface area contributed by atoms with Gasteiger partial charge in [-0.25, -0.2) is 5.10 Å². The number of aromatic nitrogens is 3. The van der Waals surface area contributed by atoms with Crippen LogP contribution in [-0.4, -0.2) is 27.9 Å². The number of aromatic amines is 1. The van der Waals surface area contributed by atoms with Gasteiger partial charge in [-0.3, -0.25) is 4.57 Å². The van der Waals surface area contributed by atoms with Crippen molar-refractivity contribution in [3.63, 3.8) is 0 Å². The fourth-order valence-corrected chi connectivity index (χ4v) is 2.03. The lowest BCUT2D eigenvalue weighted by molar-refractivity contribution is 0.418. The van der Waals surface area contributed by atoms with Gasteiger partial charge in [0.05, 0.1) is 0 Å². The van der Waals surface area contributed by atoms with E-state index in [0.29, 0.717) is 10.2 Å². The molecule has 1 aliphatic heterocycles. The van der Waals surface area contributed by atoms with Crippen LogP contribution >= 0.6 is 12.2 Å². The zero-order valence-corrected chi connectivity index (χ0v) is 9.69. The van der Waals surface area contributed by atoms with Crippen LogP contribution < -0.4 is 4.90 Å². The van der Waals surface area contributed by atoms with Crippen LogP contribution in [0.25, 0.3) is 0 Å². The average molecular weight is 212 g/mol. The quantitative estimate of drug-likeness (QED) is 0.720. The Morgan fingerprint density at radius 3 is 2.64 bits per heavy atom. The van der Waals surface area contributed by atoms with Crippen LogP contribution in [-0.2, 0) is 7.05 Å². The molecule has 0 saturated carbocycles. The summed E-state index contributed by atoms with van der Waals surface area (Å²) in [6, 6.07) is 0. The minimum atomic E-state index is 0.396. The number of nitrogens with zero attached hydrogens (tertiary/aromatic N) is 3. The number of rotatable bonds is 1. The van der Waals surface area contributed by atoms with Gasteiger partial charge in [-0.1, -0.05) is 13.8 Å². The Morgan fingerprint density at radius 1 is 1.50 bits per heavy atom. The van der Waals surface area contributed by atoms with Crippen LogP contribution in [0.4, 0.5) is 5.95 Å². The maximum absolute atomic E-state index is 5.08. The van der Waals surface area contributed by atoms with Crippen LogP contribution in [0.15, 0.2) is 0 Å². The van der Waals surface area contributed by atoms with Gasteiger partial charge in [0.2, 0.25) is 5.95 Å². The van der Waals surface area contributed by atoms with Gasteiger partial charge < -0.3 is 4.90 Å². The molecule has 0 atom stereocenters. The fraction of sp³-hybridized carbons (Fsp3) is 0.778. The summed E-state index contributed by atoms with van der Waals surface area (Å²) in [5.74, 6) is 0.959. The Morgan fingerprint density at radius 2 is 2.21 bits per heavy atom. The zero-order valence-electron chi connectivity index (χ0n) is 8.87. The van der Waals surface area contributed by atoms with Gasteiger partial charge in [0.15, 0.2) is 4.77 Å². The molecular formula is C9H16N4S. The van der Waals surface area contributed by atoms with E-state index in [-0.39, 0.29) is 0 Å². The molecule has 0 amide bonds. The van der Waals surface area contributed by atoms with Crippen LogP contribution in [0.5, 0.6) is 0 Å². The first-order valence-corrected chi connectivity index (χ1v) is 5.27. The van der Waals surface area contributed by atoms with Gasteiger partial charge >= 0.3 is 0 Å². The summed E-state index contributed by atoms with van der Waals surface area (Å²) in [4.78, 5) is 2.28. The van der Waals surface area contributed by atoms with E-state index in [0.717, 1.165) is 19.0 Å². The van der Waals surface area contributed by atoms with Crippen LogP contribution in [0.3, 0.4) is 0 Å². The molecule has 14 heavy (non-hydrogen) atoms. The molecule has 1 N–H and O–H groups in total. The predicted molar refractivity (Wildman–Crippen MR) is 59.0 cm³/mol. The first-order chi connectivity index (χ1) is 6.49. The van der Waals surface area contributed by atoms with E-state index in [2.05, 4.69) is 28.9 Å². The Hall–Kier alpha value is -0.840. The van der Waals surface area contributed by atoms with Crippen LogP contribution in [0, 0.1) is 10.2 Å². The molecule has 1 aromatic heterocycles. The van der Waals surface area contributed by atoms with Gasteiger partial charge in [0, 0.05) is 20.1 Å². The van der Waals surface area contributed by atoms with Crippen molar-refractivity contribution < 1.29 is 0 Å². The molecule has 0 spiro atoms. The van der Waals surface area contributed by atoms with E-state index in [4.69, 9.17) is 12.2 Å². The average Bonchev–Trinajstić information content (AvgIpc) is 2.59. The maximum atomic E-state index is 5.08. The van der Waals surface area contributed by atoms with Crippen molar-refractivity contribution in [1.29, 1.82) is 0 Å². The third-order valence-corrected chi connectivity index (χ3v) is 3.18. The highest BCUT2D eigenvalue weighted by atomic mass is 32.1. The van der Waals surface area contributed by atoms with E-state index in [1.807, 2.05) is 11.6 Å². The molecule has 2 rings (SSSR count). The normalized spacial score (nSPS) is 20.4. The van der Waals surface area contributed by atoms with E-state index >= 15 is 0 Å². The molecule has 0 aliphatic carbocycles. The molecule has 1 fully saturated rings. The lowest BCUT2D eigenvalue weighted by Gasteiger charge is -2.19. The van der Waals surface area contributed by atoms with E-state index in [1.165, 1.54) is 6.42 Å². The largest absolute Gasteiger partial charge is 0.340 e. The van der Waals surface area contributed by atoms with Crippen molar-refractivity contribution in [3.05, 3.63) is 4.77 Å². The molecule has 2 heterocycles. The molecule has 4 nitrogen and oxygen atoms in total. The maximum Gasteiger partial charge on any atom is 0.225 e. The molecule has 5 heteroatoms. The second-order valence-corrected chi connectivity index (χ2v) is 5.11. The minimum absolute atomic E-state index is 0.396. The molecule has 0 radical (unpaired) electrons. The first-order valence-electron chi connectivity index (χ1n) is 4.86. The molecule has 0 bridgehead atoms. The van der Waals surface area contributed by atoms with E-state index in [9.17, 15) is 0 Å². The smallest absolute Gasteiger partial charge is 0.225 e. The van der Waals surface area contributed by atoms with Gasteiger partial charge in [-0.05, 0) is 24.1 Å². The lowest BCUT2D eigenvalue weighted by Crippen LogP contribution is -2.25. The van der Waals surface area contributed by atoms with Crippen molar-refractivity contribution in [2.24, 2.45) is 12.5 Å². The molecule has 0 aromatic carbocycles. The van der Waals surface area contributed by atoms with Crippen molar-refractivity contribution in [2.45, 2.75) is 20.3 Å². The standard InChI is InChI=1S/C9H16N4S/c1-9(2)4-5-13(6-9)7-10-11-8(14)12(7)3/h4-6H2,1-3H3,(H,11,14). The third-order valence-electron chi connectivity index (χ3n) is 2.82. The van der Waals surface area contributed by atoms with E-state index in [1.54, 1.807) is 0 Å². The van der Waals surface area contributed by atoms with Gasteiger partial charge in [-0.15, -0.1) is 5.10 Å². The predicted octanol–water partition coefficient (Wildman–Crippen LogP) is 1.71. The Kier molecular flexibility index (Phi) is 2.14. The Labute approximate surface area is 88.9 Å². The van der Waals surface area contributed by atoms with Crippen molar-refractivity contribution in [3.8, 4) is 0 Å². The summed E-state index contributed by atoms with van der Waals surface area (Å²) < 4.78 is 2.61. The highest BCUT2D eigenvalue weighted by Gasteiger charge is 2.31. The second kappa shape index (κ2) is 3.08. The van der Waals surface area contributed by atoms with Crippen molar-refractivity contribution >= 4 is 18.2 Å². The SMILES string of the molecule is Cn1c(N2CCC(C)(C)C2)n[nH]c1=S. The zero-order chi connectivity index (χ0) is 10.3. The van der Waals surface area contributed by atoms with Crippen molar-refractivity contribution in [1.82, 2.24) is 14.8 Å². The highest BCUT2D eigenvalue weighted by Crippen LogP contribution is 2.31. The molecule has 1 saturated heterocycles. The Balaban J connectivity index is 2.26. The van der Waals surface area contributed by atoms with Gasteiger partial charge in [-0.2, -0.15) is 0 Å². The van der Waals surface area contributed by atoms with Crippen LogP contribution in [0.1, 0.15) is 20.3 Å². The third kappa shape index (κ3) is 1.56. The molecule has 1 aliphatic rings.